The number of Topliss-reactive ketones (excluding diaryl/α,β-unsaturated/α-hetero) is 1. The van der Waals surface area contributed by atoms with Gasteiger partial charge in [-0.2, -0.15) is 0 Å². The zero-order valence-electron chi connectivity index (χ0n) is 17.6. The Hall–Kier alpha value is -3.90. The molecule has 168 valence electrons. The van der Waals surface area contributed by atoms with Gasteiger partial charge in [-0.1, -0.05) is 66.7 Å². The molecule has 3 rings (SSSR count). The first-order chi connectivity index (χ1) is 15.8. The second-order valence-corrected chi connectivity index (χ2v) is 7.39. The van der Waals surface area contributed by atoms with Gasteiger partial charge in [-0.05, 0) is 52.1 Å². The number of ketones is 1. The molecular weight excluding hydrogens is 426 g/mol. The van der Waals surface area contributed by atoms with Crippen molar-refractivity contribution in [1.29, 1.82) is 0 Å². The van der Waals surface area contributed by atoms with E-state index in [9.17, 15) is 28.6 Å². The Morgan fingerprint density at radius 1 is 0.818 bits per heavy atom. The molecule has 1 atom stereocenters. The zero-order chi connectivity index (χ0) is 23.8. The third kappa shape index (κ3) is 6.79. The smallest absolute Gasteiger partial charge is 0.141 e. The summed E-state index contributed by atoms with van der Waals surface area (Å²) in [6.07, 6.45) is 0.632. The van der Waals surface area contributed by atoms with E-state index in [-0.39, 0.29) is 6.42 Å². The van der Waals surface area contributed by atoms with E-state index in [4.69, 9.17) is 0 Å². The van der Waals surface area contributed by atoms with Crippen LogP contribution in [0.3, 0.4) is 0 Å². The number of allylic oxidation sites excluding steroid dienone is 2. The van der Waals surface area contributed by atoms with Crippen molar-refractivity contribution in [3.05, 3.63) is 119 Å². The standard InChI is InChI=1S/C27H22F2O4/c28-21-10-6-19(7-11-21)27(20-8-12-22(29)13-9-20)25(18-4-2-1-3-5-18)15-14-23(30)16-24(31)17-26(32)33/h1-15,23,30H,16-17H2,(H,32,33)/p-1/b15-14+. The molecule has 1 unspecified atom stereocenters. The SMILES string of the molecule is O=C([O-])CC(=O)CC(O)/C=C/C(=C(c1ccc(F)cc1)c1ccc(F)cc1)c1ccccc1. The summed E-state index contributed by atoms with van der Waals surface area (Å²) in [4.78, 5) is 22.3. The highest BCUT2D eigenvalue weighted by Gasteiger charge is 2.14. The van der Waals surface area contributed by atoms with E-state index in [2.05, 4.69) is 0 Å². The van der Waals surface area contributed by atoms with Gasteiger partial charge in [0.05, 0.1) is 6.10 Å². The number of hydrogen-bond donors (Lipinski definition) is 1. The van der Waals surface area contributed by atoms with Crippen LogP contribution < -0.4 is 5.11 Å². The average molecular weight is 447 g/mol. The summed E-state index contributed by atoms with van der Waals surface area (Å²) in [6, 6.07) is 20.9. The Morgan fingerprint density at radius 3 is 1.82 bits per heavy atom. The first-order valence-corrected chi connectivity index (χ1v) is 10.2. The van der Waals surface area contributed by atoms with Gasteiger partial charge in [0.25, 0.3) is 0 Å². The summed E-state index contributed by atoms with van der Waals surface area (Å²) in [5.41, 5.74) is 3.39. The van der Waals surface area contributed by atoms with Gasteiger partial charge in [0.1, 0.15) is 17.4 Å². The topological polar surface area (TPSA) is 77.4 Å². The van der Waals surface area contributed by atoms with Crippen molar-refractivity contribution >= 4 is 22.9 Å². The third-order valence-electron chi connectivity index (χ3n) is 4.88. The molecule has 0 aliphatic heterocycles. The van der Waals surface area contributed by atoms with Crippen LogP contribution in [0.25, 0.3) is 11.1 Å². The Balaban J connectivity index is 2.13. The van der Waals surface area contributed by atoms with E-state index in [0.717, 1.165) is 5.56 Å². The number of hydrogen-bond acceptors (Lipinski definition) is 4. The number of carboxylic acids is 1. The van der Waals surface area contributed by atoms with Gasteiger partial charge in [-0.25, -0.2) is 8.78 Å². The first-order valence-electron chi connectivity index (χ1n) is 10.2. The number of halogens is 2. The molecule has 33 heavy (non-hydrogen) atoms. The van der Waals surface area contributed by atoms with Crippen LogP contribution in [0.1, 0.15) is 29.5 Å². The molecule has 0 aliphatic rings. The highest BCUT2D eigenvalue weighted by Crippen LogP contribution is 2.33. The van der Waals surface area contributed by atoms with E-state index in [0.29, 0.717) is 22.3 Å². The fourth-order valence-electron chi connectivity index (χ4n) is 3.39. The Morgan fingerprint density at radius 2 is 1.33 bits per heavy atom. The van der Waals surface area contributed by atoms with Crippen LogP contribution in [0, 0.1) is 11.6 Å². The van der Waals surface area contributed by atoms with Gasteiger partial charge in [-0.3, -0.25) is 4.79 Å². The Bertz CT molecular complexity index is 1120. The summed E-state index contributed by atoms with van der Waals surface area (Å²) in [7, 11) is 0. The number of rotatable bonds is 9. The van der Waals surface area contributed by atoms with Crippen LogP contribution in [0.15, 0.2) is 91.0 Å². The third-order valence-corrected chi connectivity index (χ3v) is 4.88. The summed E-state index contributed by atoms with van der Waals surface area (Å²) in [5, 5.41) is 20.9. The molecular formula is C27H21F2O4-. The molecule has 0 spiro atoms. The van der Waals surface area contributed by atoms with Crippen LogP contribution in [-0.2, 0) is 9.59 Å². The molecule has 0 amide bonds. The van der Waals surface area contributed by atoms with Crippen molar-refractivity contribution in [1.82, 2.24) is 0 Å². The van der Waals surface area contributed by atoms with Crippen LogP contribution >= 0.6 is 0 Å². The average Bonchev–Trinajstić information content (AvgIpc) is 2.78. The molecule has 0 saturated carbocycles. The van der Waals surface area contributed by atoms with E-state index >= 15 is 0 Å². The maximum atomic E-state index is 13.6. The molecule has 3 aromatic rings. The number of carbonyl (C=O) groups is 2. The second-order valence-electron chi connectivity index (χ2n) is 7.39. The highest BCUT2D eigenvalue weighted by molar-refractivity contribution is 6.02. The van der Waals surface area contributed by atoms with Gasteiger partial charge in [0.2, 0.25) is 0 Å². The van der Waals surface area contributed by atoms with E-state index in [1.54, 1.807) is 30.3 Å². The minimum absolute atomic E-state index is 0.380. The normalized spacial score (nSPS) is 11.8. The van der Waals surface area contributed by atoms with Crippen molar-refractivity contribution in [3.63, 3.8) is 0 Å². The second kappa shape index (κ2) is 11.1. The van der Waals surface area contributed by atoms with Gasteiger partial charge in [0, 0.05) is 18.8 Å². The van der Waals surface area contributed by atoms with Crippen LogP contribution in [0.5, 0.6) is 0 Å². The van der Waals surface area contributed by atoms with Crippen molar-refractivity contribution < 1.29 is 28.6 Å². The van der Waals surface area contributed by atoms with Crippen molar-refractivity contribution in [2.45, 2.75) is 18.9 Å². The molecule has 0 fully saturated rings. The molecule has 4 nitrogen and oxygen atoms in total. The molecule has 0 heterocycles. The Labute approximate surface area is 190 Å². The van der Waals surface area contributed by atoms with Gasteiger partial charge in [0.15, 0.2) is 0 Å². The Kier molecular flexibility index (Phi) is 8.00. The maximum absolute atomic E-state index is 13.6. The lowest BCUT2D eigenvalue weighted by Crippen LogP contribution is -2.26. The van der Waals surface area contributed by atoms with Gasteiger partial charge in [-0.15, -0.1) is 0 Å². The number of aliphatic hydroxyl groups excluding tert-OH is 1. The van der Waals surface area contributed by atoms with E-state index in [1.165, 1.54) is 30.3 Å². The molecule has 0 saturated heterocycles. The van der Waals surface area contributed by atoms with Crippen molar-refractivity contribution in [3.8, 4) is 0 Å². The number of carbonyl (C=O) groups excluding carboxylic acids is 2. The predicted molar refractivity (Wildman–Crippen MR) is 120 cm³/mol. The number of carboxylic acid groups (broad SMARTS) is 1. The lowest BCUT2D eigenvalue weighted by atomic mass is 9.89. The fourth-order valence-corrected chi connectivity index (χ4v) is 3.39. The molecule has 1 N–H and O–H groups in total. The lowest BCUT2D eigenvalue weighted by molar-refractivity contribution is -0.304. The van der Waals surface area contributed by atoms with E-state index < -0.39 is 35.9 Å². The van der Waals surface area contributed by atoms with Crippen LogP contribution in [-0.4, -0.2) is 23.0 Å². The van der Waals surface area contributed by atoms with Crippen molar-refractivity contribution in [2.24, 2.45) is 0 Å². The summed E-state index contributed by atoms with van der Waals surface area (Å²) >= 11 is 0. The van der Waals surface area contributed by atoms with E-state index in [1.807, 2.05) is 30.3 Å². The van der Waals surface area contributed by atoms with Crippen molar-refractivity contribution in [2.75, 3.05) is 0 Å². The van der Waals surface area contributed by atoms with Crippen LogP contribution in [0.4, 0.5) is 8.78 Å². The summed E-state index contributed by atoms with van der Waals surface area (Å²) < 4.78 is 27.2. The largest absolute Gasteiger partial charge is 0.550 e. The minimum atomic E-state index is -1.50. The minimum Gasteiger partial charge on any atom is -0.550 e. The summed E-state index contributed by atoms with van der Waals surface area (Å²) in [5.74, 6) is -2.97. The number of benzene rings is 3. The molecule has 6 heteroatoms. The number of aliphatic hydroxyl groups is 1. The van der Waals surface area contributed by atoms with Gasteiger partial charge < -0.3 is 15.0 Å². The zero-order valence-corrected chi connectivity index (χ0v) is 17.6. The monoisotopic (exact) mass is 447 g/mol. The maximum Gasteiger partial charge on any atom is 0.141 e. The highest BCUT2D eigenvalue weighted by atomic mass is 19.1. The quantitative estimate of drug-likeness (QED) is 0.306. The molecule has 0 bridgehead atoms. The molecule has 0 aromatic heterocycles. The fraction of sp³-hybridized carbons (Fsp3) is 0.111. The first kappa shape index (κ1) is 23.8. The van der Waals surface area contributed by atoms with Crippen LogP contribution in [0.2, 0.25) is 0 Å². The molecule has 0 aliphatic carbocycles. The van der Waals surface area contributed by atoms with Gasteiger partial charge >= 0.3 is 0 Å². The molecule has 3 aromatic carbocycles. The summed E-state index contributed by atoms with van der Waals surface area (Å²) in [6.45, 7) is 0. The predicted octanol–water partition coefficient (Wildman–Crippen LogP) is 3.94. The number of aliphatic carboxylic acids is 1. The molecule has 0 radical (unpaired) electrons. The lowest BCUT2D eigenvalue weighted by Gasteiger charge is -2.16.